The molecule has 1 atom stereocenters. The Kier molecular flexibility index (Phi) is 3.98. The summed E-state index contributed by atoms with van der Waals surface area (Å²) in [5, 5.41) is 0. The van der Waals surface area contributed by atoms with Gasteiger partial charge in [0.25, 0.3) is 0 Å². The summed E-state index contributed by atoms with van der Waals surface area (Å²) in [7, 11) is 1.73. The Morgan fingerprint density at radius 2 is 2.46 bits per heavy atom. The SMILES string of the molecule is CN=C(NN)N1CCCOCC1C. The zero-order valence-electron chi connectivity index (χ0n) is 8.29. The highest BCUT2D eigenvalue weighted by Crippen LogP contribution is 2.06. The molecule has 0 aromatic heterocycles. The molecule has 0 saturated carbocycles. The van der Waals surface area contributed by atoms with Gasteiger partial charge < -0.3 is 9.64 Å². The number of nitrogens with two attached hydrogens (primary N) is 1. The van der Waals surface area contributed by atoms with Gasteiger partial charge in [0.05, 0.1) is 12.6 Å². The van der Waals surface area contributed by atoms with Crippen molar-refractivity contribution in [2.45, 2.75) is 19.4 Å². The molecule has 1 aliphatic rings. The zero-order valence-corrected chi connectivity index (χ0v) is 8.29. The van der Waals surface area contributed by atoms with E-state index in [2.05, 4.69) is 22.2 Å². The van der Waals surface area contributed by atoms with Crippen LogP contribution in [0.4, 0.5) is 0 Å². The Hall–Kier alpha value is -0.810. The molecule has 1 rings (SSSR count). The van der Waals surface area contributed by atoms with E-state index >= 15 is 0 Å². The van der Waals surface area contributed by atoms with Gasteiger partial charge in [0.2, 0.25) is 5.96 Å². The number of hydrogen-bond donors (Lipinski definition) is 2. The van der Waals surface area contributed by atoms with E-state index in [0.717, 1.165) is 32.1 Å². The normalized spacial score (nSPS) is 25.6. The third-order valence-electron chi connectivity index (χ3n) is 2.19. The summed E-state index contributed by atoms with van der Waals surface area (Å²) in [6.45, 7) is 4.61. The third kappa shape index (κ3) is 2.57. The summed E-state index contributed by atoms with van der Waals surface area (Å²) >= 11 is 0. The summed E-state index contributed by atoms with van der Waals surface area (Å²) < 4.78 is 5.41. The average Bonchev–Trinajstić information content (AvgIpc) is 2.34. The molecular weight excluding hydrogens is 168 g/mol. The summed E-state index contributed by atoms with van der Waals surface area (Å²) in [6, 6.07) is 0.331. The van der Waals surface area contributed by atoms with Crippen LogP contribution in [-0.2, 0) is 4.74 Å². The summed E-state index contributed by atoms with van der Waals surface area (Å²) in [6.07, 6.45) is 1.02. The quantitative estimate of drug-likeness (QED) is 0.233. The Balaban J connectivity index is 2.63. The second kappa shape index (κ2) is 5.04. The number of hydrazine groups is 1. The monoisotopic (exact) mass is 186 g/mol. The van der Waals surface area contributed by atoms with Gasteiger partial charge in [0, 0.05) is 20.2 Å². The van der Waals surface area contributed by atoms with Crippen molar-refractivity contribution >= 4 is 5.96 Å². The second-order valence-corrected chi connectivity index (χ2v) is 3.16. The van der Waals surface area contributed by atoms with Crippen LogP contribution in [0.25, 0.3) is 0 Å². The lowest BCUT2D eigenvalue weighted by Gasteiger charge is -2.28. The molecule has 0 spiro atoms. The molecule has 1 unspecified atom stereocenters. The molecule has 1 saturated heterocycles. The predicted molar refractivity (Wildman–Crippen MR) is 52.3 cm³/mol. The van der Waals surface area contributed by atoms with Crippen molar-refractivity contribution in [3.05, 3.63) is 0 Å². The molecule has 76 valence electrons. The first-order chi connectivity index (χ1) is 6.29. The van der Waals surface area contributed by atoms with Crippen LogP contribution in [0.3, 0.4) is 0 Å². The molecule has 1 fully saturated rings. The lowest BCUT2D eigenvalue weighted by Crippen LogP contribution is -2.49. The standard InChI is InChI=1S/C8H18N4O/c1-7-6-13-5-3-4-12(7)8(10-2)11-9/h7H,3-6,9H2,1-2H3,(H,10,11). The second-order valence-electron chi connectivity index (χ2n) is 3.16. The van der Waals surface area contributed by atoms with E-state index in [1.165, 1.54) is 0 Å². The minimum Gasteiger partial charge on any atom is -0.379 e. The largest absolute Gasteiger partial charge is 0.379 e. The highest BCUT2D eigenvalue weighted by molar-refractivity contribution is 5.79. The fourth-order valence-electron chi connectivity index (χ4n) is 1.49. The first kappa shape index (κ1) is 10.3. The van der Waals surface area contributed by atoms with Crippen molar-refractivity contribution in [1.82, 2.24) is 10.3 Å². The molecule has 0 bridgehead atoms. The highest BCUT2D eigenvalue weighted by Gasteiger charge is 2.19. The number of aliphatic imine (C=N–C) groups is 1. The zero-order chi connectivity index (χ0) is 9.68. The summed E-state index contributed by atoms with van der Waals surface area (Å²) in [5.74, 6) is 6.10. The Morgan fingerprint density at radius 1 is 1.69 bits per heavy atom. The Morgan fingerprint density at radius 3 is 3.08 bits per heavy atom. The van der Waals surface area contributed by atoms with Crippen LogP contribution in [0.15, 0.2) is 4.99 Å². The maximum atomic E-state index is 5.41. The smallest absolute Gasteiger partial charge is 0.208 e. The van der Waals surface area contributed by atoms with E-state index < -0.39 is 0 Å². The van der Waals surface area contributed by atoms with Gasteiger partial charge in [-0.3, -0.25) is 10.4 Å². The lowest BCUT2D eigenvalue weighted by molar-refractivity contribution is 0.123. The highest BCUT2D eigenvalue weighted by atomic mass is 16.5. The van der Waals surface area contributed by atoms with Crippen molar-refractivity contribution < 1.29 is 4.74 Å². The molecule has 13 heavy (non-hydrogen) atoms. The van der Waals surface area contributed by atoms with E-state index in [-0.39, 0.29) is 0 Å². The van der Waals surface area contributed by atoms with Crippen LogP contribution in [0.5, 0.6) is 0 Å². The van der Waals surface area contributed by atoms with Gasteiger partial charge >= 0.3 is 0 Å². The van der Waals surface area contributed by atoms with Gasteiger partial charge in [-0.1, -0.05) is 0 Å². The van der Waals surface area contributed by atoms with Crippen LogP contribution in [0.1, 0.15) is 13.3 Å². The van der Waals surface area contributed by atoms with Crippen LogP contribution in [-0.4, -0.2) is 43.7 Å². The third-order valence-corrected chi connectivity index (χ3v) is 2.19. The number of hydrogen-bond acceptors (Lipinski definition) is 3. The minimum absolute atomic E-state index is 0.331. The van der Waals surface area contributed by atoms with Gasteiger partial charge in [0.15, 0.2) is 0 Å². The minimum atomic E-state index is 0.331. The Bertz CT molecular complexity index is 183. The van der Waals surface area contributed by atoms with E-state index in [0.29, 0.717) is 6.04 Å². The average molecular weight is 186 g/mol. The molecule has 1 aliphatic heterocycles. The maximum Gasteiger partial charge on any atom is 0.208 e. The Labute approximate surface area is 78.9 Å². The van der Waals surface area contributed by atoms with Crippen molar-refractivity contribution in [2.75, 3.05) is 26.8 Å². The van der Waals surface area contributed by atoms with E-state index in [9.17, 15) is 0 Å². The number of nitrogens with one attached hydrogen (secondary N) is 1. The van der Waals surface area contributed by atoms with Crippen LogP contribution >= 0.6 is 0 Å². The number of guanidine groups is 1. The van der Waals surface area contributed by atoms with Crippen molar-refractivity contribution in [3.63, 3.8) is 0 Å². The molecule has 1 heterocycles. The molecule has 3 N–H and O–H groups in total. The fourth-order valence-corrected chi connectivity index (χ4v) is 1.49. The number of rotatable bonds is 0. The molecule has 5 heteroatoms. The predicted octanol–water partition coefficient (Wildman–Crippen LogP) is -0.454. The van der Waals surface area contributed by atoms with Crippen molar-refractivity contribution in [2.24, 2.45) is 10.8 Å². The lowest BCUT2D eigenvalue weighted by atomic mass is 10.3. The molecule has 0 radical (unpaired) electrons. The van der Waals surface area contributed by atoms with Gasteiger partial charge in [-0.25, -0.2) is 5.84 Å². The molecular formula is C8H18N4O. The number of nitrogens with zero attached hydrogens (tertiary/aromatic N) is 2. The van der Waals surface area contributed by atoms with Gasteiger partial charge in [0.1, 0.15) is 0 Å². The van der Waals surface area contributed by atoms with Crippen molar-refractivity contribution in [3.8, 4) is 0 Å². The van der Waals surface area contributed by atoms with E-state index in [4.69, 9.17) is 10.6 Å². The van der Waals surface area contributed by atoms with E-state index in [1.807, 2.05) is 0 Å². The van der Waals surface area contributed by atoms with Crippen LogP contribution < -0.4 is 11.3 Å². The summed E-state index contributed by atoms with van der Waals surface area (Å²) in [5.41, 5.74) is 2.60. The molecule has 0 aromatic carbocycles. The van der Waals surface area contributed by atoms with Crippen LogP contribution in [0.2, 0.25) is 0 Å². The van der Waals surface area contributed by atoms with Crippen molar-refractivity contribution in [1.29, 1.82) is 0 Å². The van der Waals surface area contributed by atoms with Gasteiger partial charge in [-0.05, 0) is 13.3 Å². The van der Waals surface area contributed by atoms with Gasteiger partial charge in [-0.15, -0.1) is 0 Å². The maximum absolute atomic E-state index is 5.41. The molecule has 0 aromatic rings. The molecule has 5 nitrogen and oxygen atoms in total. The summed E-state index contributed by atoms with van der Waals surface area (Å²) in [4.78, 5) is 6.21. The first-order valence-corrected chi connectivity index (χ1v) is 4.57. The topological polar surface area (TPSA) is 62.9 Å². The van der Waals surface area contributed by atoms with Gasteiger partial charge in [-0.2, -0.15) is 0 Å². The van der Waals surface area contributed by atoms with E-state index in [1.54, 1.807) is 7.05 Å². The van der Waals surface area contributed by atoms with Crippen LogP contribution in [0, 0.1) is 0 Å². The molecule has 0 aliphatic carbocycles. The fraction of sp³-hybridized carbons (Fsp3) is 0.875. The first-order valence-electron chi connectivity index (χ1n) is 4.57. The number of ether oxygens (including phenoxy) is 1. The molecule has 0 amide bonds.